The molecule has 2 nitrogen and oxygen atoms in total. The number of nitrogens with two attached hydrogens (primary N) is 1. The van der Waals surface area contributed by atoms with E-state index in [-0.39, 0.29) is 12.4 Å². The fraction of sp³-hybridized carbons (Fsp3) is 0.368. The smallest absolute Gasteiger partial charge is 0.0234 e. The van der Waals surface area contributed by atoms with Gasteiger partial charge in [0.1, 0.15) is 0 Å². The van der Waals surface area contributed by atoms with Gasteiger partial charge in [0, 0.05) is 25.6 Å². The molecule has 1 aliphatic heterocycles. The molecule has 3 heteroatoms. The molecule has 1 heterocycles. The fourth-order valence-corrected chi connectivity index (χ4v) is 3.36. The van der Waals surface area contributed by atoms with Gasteiger partial charge in [-0.2, -0.15) is 0 Å². The Kier molecular flexibility index (Phi) is 6.01. The minimum Gasteiger partial charge on any atom is -0.330 e. The first-order chi connectivity index (χ1) is 10.3. The summed E-state index contributed by atoms with van der Waals surface area (Å²) in [6.45, 7) is 6.14. The topological polar surface area (TPSA) is 29.3 Å². The summed E-state index contributed by atoms with van der Waals surface area (Å²) in [5, 5.41) is 0. The standard InChI is InChI=1S/C19H24N2.ClH/c1-15-7-9-16(10-8-15)12-21-13-18(11-20)19(14-21)17-5-3-2-4-6-17;/h2-10,18-19H,11-14,20H2,1H3;1H/t18-,19+;/m1./s1. The molecule has 0 radical (unpaired) electrons. The molecule has 22 heavy (non-hydrogen) atoms. The van der Waals surface area contributed by atoms with Crippen molar-refractivity contribution in [2.24, 2.45) is 11.7 Å². The number of nitrogens with zero attached hydrogens (tertiary/aromatic N) is 1. The highest BCUT2D eigenvalue weighted by atomic mass is 35.5. The van der Waals surface area contributed by atoms with Crippen molar-refractivity contribution in [2.75, 3.05) is 19.6 Å². The van der Waals surface area contributed by atoms with E-state index in [1.165, 1.54) is 16.7 Å². The number of rotatable bonds is 4. The van der Waals surface area contributed by atoms with E-state index in [4.69, 9.17) is 5.73 Å². The van der Waals surface area contributed by atoms with Crippen molar-refractivity contribution in [1.82, 2.24) is 4.90 Å². The van der Waals surface area contributed by atoms with Gasteiger partial charge < -0.3 is 5.73 Å². The Bertz CT molecular complexity index is 568. The molecule has 0 saturated carbocycles. The van der Waals surface area contributed by atoms with Gasteiger partial charge in [0.2, 0.25) is 0 Å². The Hall–Kier alpha value is -1.35. The van der Waals surface area contributed by atoms with Crippen molar-refractivity contribution in [1.29, 1.82) is 0 Å². The van der Waals surface area contributed by atoms with Crippen LogP contribution in [0, 0.1) is 12.8 Å². The molecular weight excluding hydrogens is 292 g/mol. The highest BCUT2D eigenvalue weighted by molar-refractivity contribution is 5.85. The van der Waals surface area contributed by atoms with E-state index in [0.29, 0.717) is 11.8 Å². The van der Waals surface area contributed by atoms with Crippen LogP contribution < -0.4 is 5.73 Å². The third kappa shape index (κ3) is 3.89. The zero-order valence-electron chi connectivity index (χ0n) is 13.1. The van der Waals surface area contributed by atoms with E-state index in [2.05, 4.69) is 66.4 Å². The van der Waals surface area contributed by atoms with Crippen molar-refractivity contribution < 1.29 is 0 Å². The summed E-state index contributed by atoms with van der Waals surface area (Å²) in [5.41, 5.74) is 10.2. The van der Waals surface area contributed by atoms with Crippen molar-refractivity contribution in [3.8, 4) is 0 Å². The van der Waals surface area contributed by atoms with Gasteiger partial charge >= 0.3 is 0 Å². The molecule has 118 valence electrons. The minimum absolute atomic E-state index is 0. The fourth-order valence-electron chi connectivity index (χ4n) is 3.36. The monoisotopic (exact) mass is 316 g/mol. The molecule has 2 N–H and O–H groups in total. The van der Waals surface area contributed by atoms with Gasteiger partial charge in [0.15, 0.2) is 0 Å². The molecule has 0 bridgehead atoms. The molecule has 0 aliphatic carbocycles. The quantitative estimate of drug-likeness (QED) is 0.934. The minimum atomic E-state index is 0. The number of aryl methyl sites for hydroxylation is 1. The average Bonchev–Trinajstić information content (AvgIpc) is 2.93. The summed E-state index contributed by atoms with van der Waals surface area (Å²) in [4.78, 5) is 2.54. The van der Waals surface area contributed by atoms with Gasteiger partial charge in [-0.25, -0.2) is 0 Å². The second-order valence-corrected chi connectivity index (χ2v) is 6.19. The highest BCUT2D eigenvalue weighted by Gasteiger charge is 2.32. The van der Waals surface area contributed by atoms with Crippen LogP contribution >= 0.6 is 12.4 Å². The first-order valence-electron chi connectivity index (χ1n) is 7.79. The second kappa shape index (κ2) is 7.77. The average molecular weight is 317 g/mol. The molecule has 0 unspecified atom stereocenters. The maximum Gasteiger partial charge on any atom is 0.0234 e. The van der Waals surface area contributed by atoms with E-state index in [0.717, 1.165) is 26.2 Å². The number of halogens is 1. The van der Waals surface area contributed by atoms with E-state index >= 15 is 0 Å². The van der Waals surface area contributed by atoms with Crippen LogP contribution in [0.1, 0.15) is 22.6 Å². The lowest BCUT2D eigenvalue weighted by molar-refractivity contribution is 0.317. The highest BCUT2D eigenvalue weighted by Crippen LogP contribution is 2.32. The first kappa shape index (κ1) is 17.0. The van der Waals surface area contributed by atoms with Crippen LogP contribution in [-0.2, 0) is 6.54 Å². The van der Waals surface area contributed by atoms with E-state index in [9.17, 15) is 0 Å². The number of hydrogen-bond donors (Lipinski definition) is 1. The zero-order chi connectivity index (χ0) is 14.7. The van der Waals surface area contributed by atoms with Gasteiger partial charge in [-0.1, -0.05) is 60.2 Å². The summed E-state index contributed by atoms with van der Waals surface area (Å²) < 4.78 is 0. The summed E-state index contributed by atoms with van der Waals surface area (Å²) in [6.07, 6.45) is 0. The molecule has 1 fully saturated rings. The lowest BCUT2D eigenvalue weighted by Crippen LogP contribution is -2.23. The van der Waals surface area contributed by atoms with Crippen LogP contribution in [0.2, 0.25) is 0 Å². The van der Waals surface area contributed by atoms with E-state index < -0.39 is 0 Å². The maximum absolute atomic E-state index is 6.01. The van der Waals surface area contributed by atoms with Crippen molar-refractivity contribution in [3.05, 3.63) is 71.3 Å². The Labute approximate surface area is 139 Å². The summed E-state index contributed by atoms with van der Waals surface area (Å²) in [5.74, 6) is 1.14. The third-order valence-electron chi connectivity index (χ3n) is 4.57. The first-order valence-corrected chi connectivity index (χ1v) is 7.79. The van der Waals surface area contributed by atoms with Crippen molar-refractivity contribution >= 4 is 12.4 Å². The molecule has 2 aromatic rings. The lowest BCUT2D eigenvalue weighted by atomic mass is 9.89. The lowest BCUT2D eigenvalue weighted by Gasteiger charge is -2.17. The zero-order valence-corrected chi connectivity index (χ0v) is 13.9. The van der Waals surface area contributed by atoms with Crippen molar-refractivity contribution in [3.63, 3.8) is 0 Å². The third-order valence-corrected chi connectivity index (χ3v) is 4.57. The molecule has 1 aliphatic rings. The second-order valence-electron chi connectivity index (χ2n) is 6.19. The van der Waals surface area contributed by atoms with Gasteiger partial charge in [-0.15, -0.1) is 12.4 Å². The van der Waals surface area contributed by atoms with Gasteiger partial charge in [0.25, 0.3) is 0 Å². The van der Waals surface area contributed by atoms with E-state index in [1.54, 1.807) is 0 Å². The molecule has 0 aromatic heterocycles. The Morgan fingerprint density at radius 1 is 1.00 bits per heavy atom. The van der Waals surface area contributed by atoms with Crippen LogP contribution in [-0.4, -0.2) is 24.5 Å². The predicted molar refractivity (Wildman–Crippen MR) is 95.4 cm³/mol. The summed E-state index contributed by atoms with van der Waals surface area (Å²) in [6, 6.07) is 19.7. The molecule has 3 rings (SSSR count). The SMILES string of the molecule is Cc1ccc(CN2C[C@@H](CN)[C@H](c3ccccc3)C2)cc1.Cl. The van der Waals surface area contributed by atoms with Crippen LogP contribution in [0.15, 0.2) is 54.6 Å². The summed E-state index contributed by atoms with van der Waals surface area (Å²) >= 11 is 0. The van der Waals surface area contributed by atoms with Crippen LogP contribution in [0.3, 0.4) is 0 Å². The largest absolute Gasteiger partial charge is 0.330 e. The molecular formula is C19H25ClN2. The molecule has 2 atom stereocenters. The van der Waals surface area contributed by atoms with Crippen molar-refractivity contribution in [2.45, 2.75) is 19.4 Å². The Balaban J connectivity index is 0.00000176. The number of benzene rings is 2. The van der Waals surface area contributed by atoms with E-state index in [1.807, 2.05) is 0 Å². The molecule has 0 amide bonds. The number of hydrogen-bond acceptors (Lipinski definition) is 2. The maximum atomic E-state index is 6.01. The molecule has 0 spiro atoms. The van der Waals surface area contributed by atoms with Gasteiger partial charge in [0.05, 0.1) is 0 Å². The molecule has 1 saturated heterocycles. The number of likely N-dealkylation sites (tertiary alicyclic amines) is 1. The van der Waals surface area contributed by atoms with Crippen LogP contribution in [0.25, 0.3) is 0 Å². The Morgan fingerprint density at radius 2 is 1.68 bits per heavy atom. The summed E-state index contributed by atoms with van der Waals surface area (Å²) in [7, 11) is 0. The van der Waals surface area contributed by atoms with Gasteiger partial charge in [-0.05, 0) is 30.5 Å². The van der Waals surface area contributed by atoms with Gasteiger partial charge in [-0.3, -0.25) is 4.90 Å². The van der Waals surface area contributed by atoms with Crippen LogP contribution in [0.4, 0.5) is 0 Å². The van der Waals surface area contributed by atoms with Crippen LogP contribution in [0.5, 0.6) is 0 Å². The predicted octanol–water partition coefficient (Wildman–Crippen LogP) is 3.59. The normalized spacial score (nSPS) is 21.5. The Morgan fingerprint density at radius 3 is 2.32 bits per heavy atom. The molecule has 2 aromatic carbocycles.